The molecule has 0 radical (unpaired) electrons. The van der Waals surface area contributed by atoms with Crippen LogP contribution in [0.4, 0.5) is 0 Å². The van der Waals surface area contributed by atoms with Crippen LogP contribution in [0.25, 0.3) is 65.3 Å². The zero-order chi connectivity index (χ0) is 33.0. The fraction of sp³-hybridized carbons (Fsp3) is 0.0476. The summed E-state index contributed by atoms with van der Waals surface area (Å²) >= 11 is -1.65. The number of hydrogen-bond donors (Lipinski definition) is 0. The molecule has 0 bridgehead atoms. The molecule has 236 valence electrons. The summed E-state index contributed by atoms with van der Waals surface area (Å²) < 4.78 is 0. The van der Waals surface area contributed by atoms with E-state index in [9.17, 15) is 0 Å². The monoisotopic (exact) mass is 866 g/mol. The average Bonchev–Trinajstić information content (AvgIpc) is 3.73. The number of rotatable bonds is 0. The summed E-state index contributed by atoms with van der Waals surface area (Å²) in [7, 11) is 19.7. The van der Waals surface area contributed by atoms with Gasteiger partial charge in [0.05, 0.1) is 0 Å². The molecule has 10 rings (SSSR count). The van der Waals surface area contributed by atoms with Crippen molar-refractivity contribution in [2.45, 2.75) is 12.8 Å². The molecule has 49 heavy (non-hydrogen) atoms. The van der Waals surface area contributed by atoms with Gasteiger partial charge in [-0.15, -0.1) is 81.2 Å². The topological polar surface area (TPSA) is 28.5 Å². The molecule has 8 aromatic carbocycles. The molecular weight excluding hydrogens is 845 g/mol. The first-order chi connectivity index (χ1) is 23.7. The van der Waals surface area contributed by atoms with Crippen molar-refractivity contribution in [1.82, 2.24) is 0 Å². The van der Waals surface area contributed by atoms with Crippen LogP contribution < -0.4 is 0 Å². The van der Waals surface area contributed by atoms with Gasteiger partial charge >= 0.3 is 75.7 Å². The first kappa shape index (κ1) is 36.5. The number of halogens is 4. The maximum absolute atomic E-state index is 4.93. The van der Waals surface area contributed by atoms with E-state index in [2.05, 4.69) is 133 Å². The van der Waals surface area contributed by atoms with Crippen LogP contribution in [0.5, 0.6) is 0 Å². The Kier molecular flexibility index (Phi) is 12.5. The molecule has 8 aromatic rings. The summed E-state index contributed by atoms with van der Waals surface area (Å²) in [4.78, 5) is 0. The normalized spacial score (nSPS) is 11.2. The largest absolute Gasteiger partial charge is 2.00 e. The molecule has 0 saturated heterocycles. The molecular formula is C42H26Cl4OZr2. The minimum atomic E-state index is -0.826. The third kappa shape index (κ3) is 6.99. The van der Waals surface area contributed by atoms with Gasteiger partial charge in [0.25, 0.3) is 0 Å². The van der Waals surface area contributed by atoms with E-state index in [1.165, 1.54) is 87.6 Å². The first-order valence-corrected chi connectivity index (χ1v) is 28.1. The fourth-order valence-corrected chi connectivity index (χ4v) is 7.46. The smallest absolute Gasteiger partial charge is 0.0240 e. The Balaban J connectivity index is 0.000000144. The Labute approximate surface area is 323 Å². The van der Waals surface area contributed by atoms with Crippen LogP contribution in [-0.2, 0) is 60.0 Å². The van der Waals surface area contributed by atoms with E-state index in [-0.39, 0.29) is 5.48 Å². The van der Waals surface area contributed by atoms with Crippen LogP contribution >= 0.6 is 34.1 Å². The zero-order valence-electron chi connectivity index (χ0n) is 26.0. The molecule has 2 aliphatic carbocycles. The molecule has 0 fully saturated rings. The quantitative estimate of drug-likeness (QED) is 0.107. The van der Waals surface area contributed by atoms with E-state index in [4.69, 9.17) is 34.1 Å². The predicted molar refractivity (Wildman–Crippen MR) is 201 cm³/mol. The van der Waals surface area contributed by atoms with Crippen molar-refractivity contribution in [2.24, 2.45) is 0 Å². The first-order valence-electron chi connectivity index (χ1n) is 15.5. The minimum absolute atomic E-state index is 0. The van der Waals surface area contributed by atoms with Gasteiger partial charge in [-0.2, -0.15) is 0 Å². The van der Waals surface area contributed by atoms with Gasteiger partial charge in [-0.05, 0) is 57.0 Å². The van der Waals surface area contributed by atoms with Crippen LogP contribution in [0.15, 0.2) is 133 Å². The van der Waals surface area contributed by atoms with Crippen molar-refractivity contribution in [3.8, 4) is 22.3 Å². The molecule has 0 unspecified atom stereocenters. The second-order valence-electron chi connectivity index (χ2n) is 11.5. The van der Waals surface area contributed by atoms with E-state index in [0.29, 0.717) is 0 Å². The fourth-order valence-electron chi connectivity index (χ4n) is 7.46. The van der Waals surface area contributed by atoms with Gasteiger partial charge in [0.2, 0.25) is 0 Å². The van der Waals surface area contributed by atoms with Crippen LogP contribution in [0.1, 0.15) is 22.3 Å². The van der Waals surface area contributed by atoms with Crippen LogP contribution in [-0.4, -0.2) is 0 Å². The Morgan fingerprint density at radius 3 is 1.14 bits per heavy atom. The summed E-state index contributed by atoms with van der Waals surface area (Å²) in [6.45, 7) is 0. The molecule has 0 aromatic heterocycles. The molecule has 2 aliphatic rings. The van der Waals surface area contributed by atoms with Gasteiger partial charge in [0, 0.05) is 0 Å². The summed E-state index contributed by atoms with van der Waals surface area (Å²) in [5, 5.41) is 10.6. The van der Waals surface area contributed by atoms with Crippen molar-refractivity contribution >= 4 is 77.1 Å². The van der Waals surface area contributed by atoms with Gasteiger partial charge in [-0.25, -0.2) is 0 Å². The number of fused-ring (bicyclic) bond motifs is 16. The number of hydrogen-bond acceptors (Lipinski definition) is 0. The van der Waals surface area contributed by atoms with E-state index in [1.807, 2.05) is 12.1 Å². The van der Waals surface area contributed by atoms with E-state index in [0.717, 1.165) is 12.8 Å². The molecule has 0 heterocycles. The molecule has 0 atom stereocenters. The van der Waals surface area contributed by atoms with Crippen LogP contribution in [0.2, 0.25) is 0 Å². The molecule has 0 amide bonds. The number of benzene rings is 8. The van der Waals surface area contributed by atoms with Gasteiger partial charge < -0.3 is 5.48 Å². The molecule has 1 nitrogen and oxygen atoms in total. The average molecular weight is 871 g/mol. The Hall–Kier alpha value is -2.31. The minimum Gasteiger partial charge on any atom is -2.00 e. The Bertz CT molecular complexity index is 2260. The van der Waals surface area contributed by atoms with Crippen LogP contribution in [0, 0.1) is 12.1 Å². The maximum Gasteiger partial charge on any atom is -0.0240 e. The molecule has 0 saturated carbocycles. The molecule has 0 N–H and O–H groups in total. The third-order valence-electron chi connectivity index (χ3n) is 9.20. The van der Waals surface area contributed by atoms with Crippen molar-refractivity contribution < 1.29 is 47.2 Å². The zero-order valence-corrected chi connectivity index (χ0v) is 34.0. The van der Waals surface area contributed by atoms with Gasteiger partial charge in [0.15, 0.2) is 0 Å². The van der Waals surface area contributed by atoms with E-state index < -0.39 is 41.7 Å². The van der Waals surface area contributed by atoms with Gasteiger partial charge in [0.1, 0.15) is 0 Å². The summed E-state index contributed by atoms with van der Waals surface area (Å²) in [6.07, 6.45) is 2.04. The second-order valence-corrected chi connectivity index (χ2v) is 19.0. The second kappa shape index (κ2) is 16.8. The predicted octanol–water partition coefficient (Wildman–Crippen LogP) is 13.4. The summed E-state index contributed by atoms with van der Waals surface area (Å²) in [5.41, 5.74) is 11.3. The van der Waals surface area contributed by atoms with Gasteiger partial charge in [-0.3, -0.25) is 0 Å². The molecule has 0 aliphatic heterocycles. The van der Waals surface area contributed by atoms with Crippen molar-refractivity contribution in [3.05, 3.63) is 168 Å². The Morgan fingerprint density at radius 1 is 0.408 bits per heavy atom. The van der Waals surface area contributed by atoms with Crippen molar-refractivity contribution in [1.29, 1.82) is 0 Å². The Morgan fingerprint density at radius 2 is 0.735 bits per heavy atom. The van der Waals surface area contributed by atoms with Gasteiger partial charge in [-0.1, -0.05) is 108 Å². The standard InChI is InChI=1S/2C21H13.4ClH.O.2Zr/c2*1-2-8-15-14(7-1)13-20-18-11-4-3-9-16(18)17-10-5-6-12-19(17)21(15)20;;;;;;;/h2*1-10,12H,13H2;4*1H;;;/q2*-1;;;;;-2;2*+4/p-4. The molecule has 7 heteroatoms. The van der Waals surface area contributed by atoms with Crippen molar-refractivity contribution in [2.75, 3.05) is 0 Å². The summed E-state index contributed by atoms with van der Waals surface area (Å²) in [5.74, 6) is 0. The SMILES string of the molecule is [Cl][Zr+2][Cl].[Cl][Zr+2][Cl].[O-2].[c-]1cccc2c1c1c(c3ccccc32)-c2ccccc2C1.[c-]1cccc2c1c1c(c3ccccc32)-c2ccccc2C1. The maximum atomic E-state index is 4.93. The summed E-state index contributed by atoms with van der Waals surface area (Å²) in [6, 6.07) is 54.7. The van der Waals surface area contributed by atoms with Crippen molar-refractivity contribution in [3.63, 3.8) is 0 Å². The van der Waals surface area contributed by atoms with E-state index >= 15 is 0 Å². The van der Waals surface area contributed by atoms with Crippen LogP contribution in [0.3, 0.4) is 0 Å². The molecule has 0 spiro atoms. The third-order valence-corrected chi connectivity index (χ3v) is 9.20. The van der Waals surface area contributed by atoms with E-state index in [1.54, 1.807) is 0 Å².